The predicted octanol–water partition coefficient (Wildman–Crippen LogP) is 0.629. The second-order valence-corrected chi connectivity index (χ2v) is 7.36. The van der Waals surface area contributed by atoms with Crippen LogP contribution in [0.15, 0.2) is 0 Å². The Hall–Kier alpha value is -2.12. The van der Waals surface area contributed by atoms with Gasteiger partial charge < -0.3 is 15.8 Å². The van der Waals surface area contributed by atoms with Crippen LogP contribution in [0.1, 0.15) is 49.1 Å². The van der Waals surface area contributed by atoms with Gasteiger partial charge in [-0.1, -0.05) is 0 Å². The average Bonchev–Trinajstić information content (AvgIpc) is 2.89. The first-order valence-corrected chi connectivity index (χ1v) is 8.17. The minimum Gasteiger partial charge on any atom is -0.450 e. The van der Waals surface area contributed by atoms with Gasteiger partial charge in [-0.2, -0.15) is 4.98 Å². The molecule has 8 heteroatoms. The van der Waals surface area contributed by atoms with Crippen molar-refractivity contribution in [2.75, 3.05) is 12.3 Å². The maximum Gasteiger partial charge on any atom is 0.376 e. The Labute approximate surface area is 133 Å². The van der Waals surface area contributed by atoms with E-state index in [2.05, 4.69) is 20.5 Å². The zero-order chi connectivity index (χ0) is 16.0. The summed E-state index contributed by atoms with van der Waals surface area (Å²) in [6.45, 7) is -0.304. The number of rotatable bonds is 4. The highest BCUT2D eigenvalue weighted by atomic mass is 16.5. The highest BCUT2D eigenvalue weighted by molar-refractivity contribution is 5.88. The molecule has 124 valence electrons. The fourth-order valence-electron chi connectivity index (χ4n) is 5.16. The van der Waals surface area contributed by atoms with Crippen LogP contribution in [0.3, 0.4) is 0 Å². The number of hydrogen-bond acceptors (Lipinski definition) is 6. The second-order valence-electron chi connectivity index (χ2n) is 7.36. The lowest BCUT2D eigenvalue weighted by Crippen LogP contribution is -2.60. The Morgan fingerprint density at radius 2 is 1.83 bits per heavy atom. The van der Waals surface area contributed by atoms with Crippen LogP contribution in [0.4, 0.5) is 5.95 Å². The molecule has 1 heterocycles. The molecule has 23 heavy (non-hydrogen) atoms. The number of nitrogens with two attached hydrogens (primary N) is 1. The molecule has 5 rings (SSSR count). The summed E-state index contributed by atoms with van der Waals surface area (Å²) in [5.74, 6) is 1.16. The van der Waals surface area contributed by atoms with Gasteiger partial charge >= 0.3 is 5.97 Å². The van der Waals surface area contributed by atoms with E-state index in [1.807, 2.05) is 0 Å². The van der Waals surface area contributed by atoms with E-state index < -0.39 is 5.97 Å². The van der Waals surface area contributed by atoms with Crippen LogP contribution in [-0.2, 0) is 9.53 Å². The zero-order valence-electron chi connectivity index (χ0n) is 12.9. The van der Waals surface area contributed by atoms with E-state index in [1.54, 1.807) is 0 Å². The first-order chi connectivity index (χ1) is 11.0. The van der Waals surface area contributed by atoms with Crippen molar-refractivity contribution in [1.29, 1.82) is 0 Å². The maximum absolute atomic E-state index is 12.2. The largest absolute Gasteiger partial charge is 0.450 e. The van der Waals surface area contributed by atoms with Gasteiger partial charge in [0.15, 0.2) is 6.61 Å². The van der Waals surface area contributed by atoms with Gasteiger partial charge in [-0.3, -0.25) is 9.89 Å². The van der Waals surface area contributed by atoms with Crippen LogP contribution >= 0.6 is 0 Å². The molecule has 4 bridgehead atoms. The summed E-state index contributed by atoms with van der Waals surface area (Å²) in [6.07, 6.45) is 7.15. The van der Waals surface area contributed by atoms with Gasteiger partial charge in [-0.25, -0.2) is 4.79 Å². The van der Waals surface area contributed by atoms with E-state index in [1.165, 1.54) is 19.3 Å². The Bertz CT molecular complexity index is 606. The lowest BCUT2D eigenvalue weighted by Gasteiger charge is -2.56. The fraction of sp³-hybridized carbons (Fsp3) is 0.733. The molecular formula is C15H21N5O3. The summed E-state index contributed by atoms with van der Waals surface area (Å²) in [5, 5.41) is 9.06. The molecule has 4 saturated carbocycles. The van der Waals surface area contributed by atoms with E-state index >= 15 is 0 Å². The molecule has 1 aromatic heterocycles. The van der Waals surface area contributed by atoms with Crippen molar-refractivity contribution in [2.24, 2.45) is 17.8 Å². The monoisotopic (exact) mass is 319 g/mol. The zero-order valence-corrected chi connectivity index (χ0v) is 12.9. The molecule has 0 radical (unpaired) electrons. The number of nitrogen functional groups attached to an aromatic ring is 1. The predicted molar refractivity (Wildman–Crippen MR) is 80.1 cm³/mol. The summed E-state index contributed by atoms with van der Waals surface area (Å²) < 4.78 is 4.98. The Morgan fingerprint density at radius 1 is 1.22 bits per heavy atom. The molecule has 1 amide bonds. The van der Waals surface area contributed by atoms with E-state index in [0.29, 0.717) is 0 Å². The van der Waals surface area contributed by atoms with Gasteiger partial charge in [0.2, 0.25) is 11.8 Å². The number of amides is 1. The first kappa shape index (κ1) is 14.5. The number of ether oxygens (including phenoxy) is 1. The van der Waals surface area contributed by atoms with Crippen molar-refractivity contribution >= 4 is 17.8 Å². The molecule has 4 fully saturated rings. The lowest BCUT2D eigenvalue weighted by molar-refractivity contribution is -0.130. The van der Waals surface area contributed by atoms with E-state index in [4.69, 9.17) is 10.5 Å². The standard InChI is InChI=1S/C15H21N5O3/c16-14-17-12(19-20-14)13(22)23-7-11(21)18-15-4-8-1-9(5-15)3-10(2-8)6-15/h8-10H,1-7H2,(H,18,21)(H3,16,17,19,20). The van der Waals surface area contributed by atoms with E-state index in [-0.39, 0.29) is 29.8 Å². The fourth-order valence-corrected chi connectivity index (χ4v) is 5.16. The van der Waals surface area contributed by atoms with E-state index in [0.717, 1.165) is 37.0 Å². The number of hydrogen-bond donors (Lipinski definition) is 3. The van der Waals surface area contributed by atoms with Crippen molar-refractivity contribution in [3.63, 3.8) is 0 Å². The SMILES string of the molecule is Nc1n[nH]c(C(=O)OCC(=O)NC23CC4CC(CC(C4)C2)C3)n1. The summed E-state index contributed by atoms with van der Waals surface area (Å²) in [6, 6.07) is 0. The number of esters is 1. The molecular weight excluding hydrogens is 298 g/mol. The number of nitrogens with one attached hydrogen (secondary N) is 2. The van der Waals surface area contributed by atoms with Crippen molar-refractivity contribution < 1.29 is 14.3 Å². The van der Waals surface area contributed by atoms with Crippen LogP contribution < -0.4 is 11.1 Å². The highest BCUT2D eigenvalue weighted by Gasteiger charge is 2.51. The molecule has 0 spiro atoms. The molecule has 0 atom stereocenters. The number of nitrogens with zero attached hydrogens (tertiary/aromatic N) is 2. The maximum atomic E-state index is 12.2. The van der Waals surface area contributed by atoms with Crippen LogP contribution in [0.2, 0.25) is 0 Å². The Kier molecular flexibility index (Phi) is 3.28. The van der Waals surface area contributed by atoms with Gasteiger partial charge in [0.25, 0.3) is 5.91 Å². The topological polar surface area (TPSA) is 123 Å². The summed E-state index contributed by atoms with van der Waals surface area (Å²) in [5.41, 5.74) is 5.25. The van der Waals surface area contributed by atoms with Gasteiger partial charge in [-0.15, -0.1) is 5.10 Å². The molecule has 0 unspecified atom stereocenters. The van der Waals surface area contributed by atoms with Crippen LogP contribution in [-0.4, -0.2) is 39.2 Å². The molecule has 1 aromatic rings. The van der Waals surface area contributed by atoms with Crippen LogP contribution in [0, 0.1) is 17.8 Å². The number of H-pyrrole nitrogens is 1. The third-order valence-corrected chi connectivity index (χ3v) is 5.47. The van der Waals surface area contributed by atoms with E-state index in [9.17, 15) is 9.59 Å². The second kappa shape index (κ2) is 5.21. The quantitative estimate of drug-likeness (QED) is 0.699. The van der Waals surface area contributed by atoms with Crippen molar-refractivity contribution in [3.8, 4) is 0 Å². The third kappa shape index (κ3) is 2.77. The Morgan fingerprint density at radius 3 is 2.35 bits per heavy atom. The third-order valence-electron chi connectivity index (χ3n) is 5.47. The molecule has 8 nitrogen and oxygen atoms in total. The number of carbonyl (C=O) groups excluding carboxylic acids is 2. The van der Waals surface area contributed by atoms with Crippen molar-refractivity contribution in [3.05, 3.63) is 5.82 Å². The summed E-state index contributed by atoms with van der Waals surface area (Å²) in [7, 11) is 0. The molecule has 4 aliphatic rings. The average molecular weight is 319 g/mol. The van der Waals surface area contributed by atoms with Gasteiger partial charge in [0.1, 0.15) is 0 Å². The van der Waals surface area contributed by atoms with Gasteiger partial charge in [0.05, 0.1) is 0 Å². The minimum absolute atomic E-state index is 0.0324. The minimum atomic E-state index is -0.727. The lowest BCUT2D eigenvalue weighted by atomic mass is 9.53. The Balaban J connectivity index is 1.33. The number of carbonyl (C=O) groups is 2. The van der Waals surface area contributed by atoms with Crippen molar-refractivity contribution in [1.82, 2.24) is 20.5 Å². The molecule has 4 aliphatic carbocycles. The molecule has 4 N–H and O–H groups in total. The van der Waals surface area contributed by atoms with Gasteiger partial charge in [0, 0.05) is 5.54 Å². The summed E-state index contributed by atoms with van der Waals surface area (Å²) in [4.78, 5) is 27.6. The smallest absolute Gasteiger partial charge is 0.376 e. The number of anilines is 1. The normalized spacial score (nSPS) is 34.3. The molecule has 0 saturated heterocycles. The molecule has 0 aliphatic heterocycles. The highest BCUT2D eigenvalue weighted by Crippen LogP contribution is 2.55. The van der Waals surface area contributed by atoms with Crippen LogP contribution in [0.25, 0.3) is 0 Å². The first-order valence-electron chi connectivity index (χ1n) is 8.17. The van der Waals surface area contributed by atoms with Crippen molar-refractivity contribution in [2.45, 2.75) is 44.1 Å². The number of aromatic nitrogens is 3. The van der Waals surface area contributed by atoms with Gasteiger partial charge in [-0.05, 0) is 56.3 Å². The number of aromatic amines is 1. The molecule has 0 aromatic carbocycles. The van der Waals surface area contributed by atoms with Crippen LogP contribution in [0.5, 0.6) is 0 Å². The summed E-state index contributed by atoms with van der Waals surface area (Å²) >= 11 is 0.